The number of nitrogens with zero attached hydrogens (tertiary/aromatic N) is 3. The molecule has 4 N–H and O–H groups in total. The standard InChI is InChI=1S/C21H26N6O2/c1-4-27(5-2)13-15-11-17(8-9-24-15)29-16-7-6-14-10-19(25-18(14)12-16)20(28)26-21(22)23-3/h6-12,25H,4-5,13H2,1-3H3,(H3,22,23,26,28). The number of ether oxygens (including phenoxy) is 1. The van der Waals surface area contributed by atoms with Gasteiger partial charge < -0.3 is 20.8 Å². The van der Waals surface area contributed by atoms with Gasteiger partial charge in [-0.25, -0.2) is 0 Å². The molecule has 0 saturated carbocycles. The number of fused-ring (bicyclic) bond motifs is 1. The van der Waals surface area contributed by atoms with Crippen molar-refractivity contribution in [1.82, 2.24) is 20.2 Å². The lowest BCUT2D eigenvalue weighted by atomic mass is 10.2. The molecule has 0 fully saturated rings. The van der Waals surface area contributed by atoms with E-state index < -0.39 is 5.91 Å². The molecule has 0 saturated heterocycles. The van der Waals surface area contributed by atoms with E-state index in [2.05, 4.69) is 39.0 Å². The van der Waals surface area contributed by atoms with Crippen LogP contribution in [0.25, 0.3) is 10.9 Å². The molecule has 0 aliphatic rings. The third-order valence-corrected chi connectivity index (χ3v) is 4.61. The fourth-order valence-electron chi connectivity index (χ4n) is 2.93. The fraction of sp³-hybridized carbons (Fsp3) is 0.286. The highest BCUT2D eigenvalue weighted by molar-refractivity contribution is 6.04. The van der Waals surface area contributed by atoms with E-state index in [1.54, 1.807) is 19.3 Å². The van der Waals surface area contributed by atoms with E-state index in [4.69, 9.17) is 10.5 Å². The number of amides is 1. The quantitative estimate of drug-likeness (QED) is 0.420. The van der Waals surface area contributed by atoms with Crippen LogP contribution in [0.1, 0.15) is 30.0 Å². The minimum atomic E-state index is -0.439. The van der Waals surface area contributed by atoms with Crippen molar-refractivity contribution in [3.8, 4) is 11.5 Å². The second-order valence-electron chi connectivity index (χ2n) is 6.53. The number of aromatic amines is 1. The number of hydrogen-bond donors (Lipinski definition) is 3. The summed E-state index contributed by atoms with van der Waals surface area (Å²) < 4.78 is 6.01. The average Bonchev–Trinajstić information content (AvgIpc) is 3.15. The molecule has 8 heteroatoms. The molecule has 0 unspecified atom stereocenters. The molecule has 3 rings (SSSR count). The molecule has 8 nitrogen and oxygen atoms in total. The van der Waals surface area contributed by atoms with Crippen LogP contribution < -0.4 is 15.8 Å². The third kappa shape index (κ3) is 5.11. The highest BCUT2D eigenvalue weighted by Crippen LogP contribution is 2.26. The molecule has 0 bridgehead atoms. The predicted octanol–water partition coefficient (Wildman–Crippen LogP) is 2.87. The molecule has 152 valence electrons. The summed E-state index contributed by atoms with van der Waals surface area (Å²) in [5.41, 5.74) is 7.65. The van der Waals surface area contributed by atoms with E-state index in [0.29, 0.717) is 11.4 Å². The van der Waals surface area contributed by atoms with Crippen molar-refractivity contribution in [3.63, 3.8) is 0 Å². The normalized spacial score (nSPS) is 11.8. The molecule has 2 aromatic heterocycles. The van der Waals surface area contributed by atoms with Gasteiger partial charge in [0.05, 0.1) is 5.69 Å². The number of carbonyl (C=O) groups excluding carboxylic acids is 1. The number of rotatable bonds is 7. The van der Waals surface area contributed by atoms with Gasteiger partial charge in [0, 0.05) is 42.8 Å². The van der Waals surface area contributed by atoms with Crippen molar-refractivity contribution in [1.29, 1.82) is 0 Å². The maximum atomic E-state index is 12.2. The zero-order valence-electron chi connectivity index (χ0n) is 16.9. The van der Waals surface area contributed by atoms with Gasteiger partial charge in [0.1, 0.15) is 17.2 Å². The molecule has 29 heavy (non-hydrogen) atoms. The number of hydrogen-bond acceptors (Lipinski definition) is 4. The Morgan fingerprint density at radius 2 is 1.97 bits per heavy atom. The minimum absolute atomic E-state index is 0.0656. The summed E-state index contributed by atoms with van der Waals surface area (Å²) in [6, 6.07) is 11.1. The summed E-state index contributed by atoms with van der Waals surface area (Å²) in [5.74, 6) is 1.01. The van der Waals surface area contributed by atoms with Gasteiger partial charge in [0.15, 0.2) is 5.96 Å². The van der Waals surface area contributed by atoms with Crippen LogP contribution >= 0.6 is 0 Å². The lowest BCUT2D eigenvalue weighted by molar-refractivity contribution is 0.0998. The Bertz CT molecular complexity index is 1020. The Morgan fingerprint density at radius 1 is 1.21 bits per heavy atom. The van der Waals surface area contributed by atoms with Gasteiger partial charge in [0.25, 0.3) is 5.91 Å². The zero-order valence-corrected chi connectivity index (χ0v) is 16.9. The number of aliphatic imine (C=N–C) groups is 1. The summed E-state index contributed by atoms with van der Waals surface area (Å²) in [7, 11) is 1.60. The van der Waals surface area contributed by atoms with E-state index in [-0.39, 0.29) is 5.96 Å². The molecule has 1 amide bonds. The van der Waals surface area contributed by atoms with E-state index in [0.717, 1.165) is 42.0 Å². The third-order valence-electron chi connectivity index (χ3n) is 4.61. The second kappa shape index (κ2) is 9.20. The SMILES string of the molecule is CCN(CC)Cc1cc(Oc2ccc3cc(C(=O)N=C(N)NC)[nH]c3c2)ccn1. The molecule has 1 aromatic carbocycles. The molecule has 0 spiro atoms. The number of pyridine rings is 1. The van der Waals surface area contributed by atoms with Crippen LogP contribution in [0.5, 0.6) is 11.5 Å². The van der Waals surface area contributed by atoms with Gasteiger partial charge in [-0.1, -0.05) is 13.8 Å². The van der Waals surface area contributed by atoms with Gasteiger partial charge in [-0.2, -0.15) is 4.99 Å². The van der Waals surface area contributed by atoms with Crippen molar-refractivity contribution in [2.45, 2.75) is 20.4 Å². The Hall–Kier alpha value is -3.39. The van der Waals surface area contributed by atoms with Gasteiger partial charge in [0.2, 0.25) is 0 Å². The number of benzene rings is 1. The number of aromatic nitrogens is 2. The lowest BCUT2D eigenvalue weighted by Gasteiger charge is -2.17. The van der Waals surface area contributed by atoms with Gasteiger partial charge in [-0.3, -0.25) is 14.7 Å². The van der Waals surface area contributed by atoms with Crippen LogP contribution in [0.3, 0.4) is 0 Å². The Labute approximate surface area is 169 Å². The van der Waals surface area contributed by atoms with Gasteiger partial charge in [-0.05, 0) is 37.4 Å². The number of carbonyl (C=O) groups is 1. The Morgan fingerprint density at radius 3 is 2.69 bits per heavy atom. The van der Waals surface area contributed by atoms with Crippen LogP contribution in [0, 0.1) is 0 Å². The topological polar surface area (TPSA) is 109 Å². The molecular weight excluding hydrogens is 368 g/mol. The van der Waals surface area contributed by atoms with Gasteiger partial charge >= 0.3 is 0 Å². The first-order chi connectivity index (χ1) is 14.0. The summed E-state index contributed by atoms with van der Waals surface area (Å²) >= 11 is 0. The summed E-state index contributed by atoms with van der Waals surface area (Å²) in [5, 5.41) is 3.51. The number of nitrogens with two attached hydrogens (primary N) is 1. The summed E-state index contributed by atoms with van der Waals surface area (Å²) in [6.45, 7) is 6.98. The van der Waals surface area contributed by atoms with E-state index in [1.165, 1.54) is 0 Å². The number of H-pyrrole nitrogens is 1. The van der Waals surface area contributed by atoms with Crippen LogP contribution in [-0.2, 0) is 6.54 Å². The molecule has 0 aliphatic carbocycles. The maximum absolute atomic E-state index is 12.2. The molecular formula is C21H26N6O2. The van der Waals surface area contributed by atoms with Crippen molar-refractivity contribution in [2.75, 3.05) is 20.1 Å². The minimum Gasteiger partial charge on any atom is -0.457 e. The van der Waals surface area contributed by atoms with Crippen molar-refractivity contribution < 1.29 is 9.53 Å². The molecule has 2 heterocycles. The molecule has 0 radical (unpaired) electrons. The summed E-state index contributed by atoms with van der Waals surface area (Å²) in [6.07, 6.45) is 1.75. The Kier molecular flexibility index (Phi) is 6.46. The molecule has 3 aromatic rings. The maximum Gasteiger partial charge on any atom is 0.296 e. The van der Waals surface area contributed by atoms with Crippen LogP contribution in [-0.4, -0.2) is 46.9 Å². The lowest BCUT2D eigenvalue weighted by Crippen LogP contribution is -2.28. The highest BCUT2D eigenvalue weighted by atomic mass is 16.5. The fourth-order valence-corrected chi connectivity index (χ4v) is 2.93. The van der Waals surface area contributed by atoms with E-state index in [1.807, 2.05) is 30.3 Å². The van der Waals surface area contributed by atoms with Crippen LogP contribution in [0.4, 0.5) is 0 Å². The van der Waals surface area contributed by atoms with Crippen LogP contribution in [0.2, 0.25) is 0 Å². The predicted molar refractivity (Wildman–Crippen MR) is 114 cm³/mol. The second-order valence-corrected chi connectivity index (χ2v) is 6.53. The largest absolute Gasteiger partial charge is 0.457 e. The van der Waals surface area contributed by atoms with Crippen molar-refractivity contribution in [2.24, 2.45) is 10.7 Å². The van der Waals surface area contributed by atoms with Crippen molar-refractivity contribution in [3.05, 3.63) is 54.0 Å². The van der Waals surface area contributed by atoms with E-state index >= 15 is 0 Å². The van der Waals surface area contributed by atoms with Crippen LogP contribution in [0.15, 0.2) is 47.6 Å². The number of guanidine groups is 1. The first-order valence-corrected chi connectivity index (χ1v) is 9.56. The highest BCUT2D eigenvalue weighted by Gasteiger charge is 2.11. The summed E-state index contributed by atoms with van der Waals surface area (Å²) in [4.78, 5) is 25.7. The zero-order chi connectivity index (χ0) is 20.8. The molecule has 0 atom stereocenters. The molecule has 0 aliphatic heterocycles. The monoisotopic (exact) mass is 394 g/mol. The van der Waals surface area contributed by atoms with E-state index in [9.17, 15) is 4.79 Å². The average molecular weight is 394 g/mol. The number of nitrogens with one attached hydrogen (secondary N) is 2. The first-order valence-electron chi connectivity index (χ1n) is 9.56. The smallest absolute Gasteiger partial charge is 0.296 e. The first kappa shape index (κ1) is 20.3. The Balaban J connectivity index is 1.78. The van der Waals surface area contributed by atoms with Gasteiger partial charge in [-0.15, -0.1) is 0 Å². The van der Waals surface area contributed by atoms with Crippen molar-refractivity contribution >= 4 is 22.8 Å².